The predicted molar refractivity (Wildman–Crippen MR) is 61.0 cm³/mol. The van der Waals surface area contributed by atoms with E-state index < -0.39 is 0 Å². The fourth-order valence-corrected chi connectivity index (χ4v) is 1.91. The van der Waals surface area contributed by atoms with Gasteiger partial charge in [0, 0.05) is 12.7 Å². The van der Waals surface area contributed by atoms with Gasteiger partial charge in [-0.3, -0.25) is 9.48 Å². The van der Waals surface area contributed by atoms with Gasteiger partial charge < -0.3 is 10.6 Å². The third kappa shape index (κ3) is 2.82. The summed E-state index contributed by atoms with van der Waals surface area (Å²) in [5, 5.41) is 10.3. The summed E-state index contributed by atoms with van der Waals surface area (Å²) < 4.78 is 1.84. The molecule has 5 heteroatoms. The Balaban J connectivity index is 1.69. The Morgan fingerprint density at radius 3 is 3.25 bits per heavy atom. The molecule has 0 aromatic carbocycles. The Hall–Kier alpha value is -1.36. The van der Waals surface area contributed by atoms with E-state index in [1.807, 2.05) is 24.0 Å². The summed E-state index contributed by atoms with van der Waals surface area (Å²) in [6.45, 7) is 4.32. The van der Waals surface area contributed by atoms with Crippen LogP contribution >= 0.6 is 0 Å². The lowest BCUT2D eigenvalue weighted by Gasteiger charge is -2.10. The number of carbonyl (C=O) groups excluding carboxylic acids is 1. The minimum Gasteiger partial charge on any atom is -0.353 e. The Bertz CT molecular complexity index is 355. The van der Waals surface area contributed by atoms with Crippen molar-refractivity contribution in [2.75, 3.05) is 13.1 Å². The smallest absolute Gasteiger partial charge is 0.237 e. The number of nitrogens with zero attached hydrogens (tertiary/aromatic N) is 2. The van der Waals surface area contributed by atoms with E-state index in [2.05, 4.69) is 15.7 Å². The second kappa shape index (κ2) is 5.12. The van der Waals surface area contributed by atoms with Crippen molar-refractivity contribution in [1.82, 2.24) is 20.4 Å². The minimum atomic E-state index is 0.0133. The van der Waals surface area contributed by atoms with Gasteiger partial charge in [0.2, 0.25) is 5.91 Å². The van der Waals surface area contributed by atoms with Crippen LogP contribution in [-0.2, 0) is 11.3 Å². The number of amides is 1. The number of nitrogens with one attached hydrogen (secondary N) is 2. The van der Waals surface area contributed by atoms with Crippen molar-refractivity contribution in [3.8, 4) is 0 Å². The van der Waals surface area contributed by atoms with E-state index in [1.165, 1.54) is 0 Å². The molecule has 0 spiro atoms. The van der Waals surface area contributed by atoms with Crippen molar-refractivity contribution in [1.29, 1.82) is 0 Å². The molecule has 1 aromatic heterocycles. The molecule has 0 radical (unpaired) electrons. The lowest BCUT2D eigenvalue weighted by atomic mass is 10.2. The molecule has 0 bridgehead atoms. The Labute approximate surface area is 95.2 Å². The van der Waals surface area contributed by atoms with Gasteiger partial charge in [-0.2, -0.15) is 5.10 Å². The van der Waals surface area contributed by atoms with E-state index in [9.17, 15) is 4.79 Å². The molecule has 1 saturated heterocycles. The van der Waals surface area contributed by atoms with Crippen LogP contribution in [0.2, 0.25) is 0 Å². The van der Waals surface area contributed by atoms with E-state index in [1.54, 1.807) is 0 Å². The fourth-order valence-electron chi connectivity index (χ4n) is 1.91. The van der Waals surface area contributed by atoms with Crippen LogP contribution in [-0.4, -0.2) is 34.8 Å². The molecular formula is C11H18N4O. The van der Waals surface area contributed by atoms with E-state index in [0.29, 0.717) is 6.54 Å². The van der Waals surface area contributed by atoms with Gasteiger partial charge in [0.25, 0.3) is 0 Å². The van der Waals surface area contributed by atoms with Crippen LogP contribution in [0.25, 0.3) is 0 Å². The summed E-state index contributed by atoms with van der Waals surface area (Å²) in [6, 6.07) is 0.0133. The van der Waals surface area contributed by atoms with Crippen LogP contribution in [0.1, 0.15) is 18.4 Å². The second-order valence-electron chi connectivity index (χ2n) is 4.22. The SMILES string of the molecule is Cc1cnn(CCNC(=O)C2CCCN2)c1. The zero-order valence-electron chi connectivity index (χ0n) is 9.57. The monoisotopic (exact) mass is 222 g/mol. The van der Waals surface area contributed by atoms with Crippen molar-refractivity contribution in [2.24, 2.45) is 0 Å². The number of hydrogen-bond donors (Lipinski definition) is 2. The molecule has 0 saturated carbocycles. The maximum Gasteiger partial charge on any atom is 0.237 e. The Morgan fingerprint density at radius 1 is 1.75 bits per heavy atom. The van der Waals surface area contributed by atoms with Gasteiger partial charge >= 0.3 is 0 Å². The standard InChI is InChI=1S/C11H18N4O/c1-9-7-14-15(8-9)6-5-13-11(16)10-3-2-4-12-10/h7-8,10,12H,2-6H2,1H3,(H,13,16). The minimum absolute atomic E-state index is 0.0133. The highest BCUT2D eigenvalue weighted by Gasteiger charge is 2.21. The van der Waals surface area contributed by atoms with Crippen LogP contribution in [0.4, 0.5) is 0 Å². The summed E-state index contributed by atoms with van der Waals surface area (Å²) in [5.41, 5.74) is 1.14. The predicted octanol–water partition coefficient (Wildman–Crippen LogP) is 0.0597. The topological polar surface area (TPSA) is 59.0 Å². The van der Waals surface area contributed by atoms with Crippen LogP contribution in [0.5, 0.6) is 0 Å². The number of aromatic nitrogens is 2. The van der Waals surface area contributed by atoms with Crippen LogP contribution < -0.4 is 10.6 Å². The third-order valence-electron chi connectivity index (χ3n) is 2.78. The third-order valence-corrected chi connectivity index (χ3v) is 2.78. The Kier molecular flexibility index (Phi) is 3.56. The number of hydrogen-bond acceptors (Lipinski definition) is 3. The first-order valence-electron chi connectivity index (χ1n) is 5.76. The van der Waals surface area contributed by atoms with Crippen molar-refractivity contribution in [3.05, 3.63) is 18.0 Å². The number of aryl methyl sites for hydroxylation is 1. The van der Waals surface area contributed by atoms with Gasteiger partial charge in [0.1, 0.15) is 0 Å². The lowest BCUT2D eigenvalue weighted by Crippen LogP contribution is -2.41. The molecule has 16 heavy (non-hydrogen) atoms. The van der Waals surface area contributed by atoms with Crippen LogP contribution in [0.15, 0.2) is 12.4 Å². The zero-order chi connectivity index (χ0) is 11.4. The summed E-state index contributed by atoms with van der Waals surface area (Å²) in [5.74, 6) is 0.112. The molecule has 1 amide bonds. The fraction of sp³-hybridized carbons (Fsp3) is 0.636. The Morgan fingerprint density at radius 2 is 2.62 bits per heavy atom. The van der Waals surface area contributed by atoms with Crippen molar-refractivity contribution in [3.63, 3.8) is 0 Å². The summed E-state index contributed by atoms with van der Waals surface area (Å²) in [4.78, 5) is 11.6. The van der Waals surface area contributed by atoms with Gasteiger partial charge in [-0.25, -0.2) is 0 Å². The maximum atomic E-state index is 11.6. The first-order valence-corrected chi connectivity index (χ1v) is 5.76. The highest BCUT2D eigenvalue weighted by molar-refractivity contribution is 5.81. The van der Waals surface area contributed by atoms with E-state index in [0.717, 1.165) is 31.5 Å². The van der Waals surface area contributed by atoms with E-state index >= 15 is 0 Å². The van der Waals surface area contributed by atoms with Crippen molar-refractivity contribution >= 4 is 5.91 Å². The number of rotatable bonds is 4. The van der Waals surface area contributed by atoms with Gasteiger partial charge in [-0.05, 0) is 31.9 Å². The molecule has 88 valence electrons. The van der Waals surface area contributed by atoms with Gasteiger partial charge in [0.05, 0.1) is 18.8 Å². The van der Waals surface area contributed by atoms with Gasteiger partial charge in [0.15, 0.2) is 0 Å². The zero-order valence-corrected chi connectivity index (χ0v) is 9.57. The molecule has 2 heterocycles. The highest BCUT2D eigenvalue weighted by Crippen LogP contribution is 2.04. The summed E-state index contributed by atoms with van der Waals surface area (Å²) in [7, 11) is 0. The summed E-state index contributed by atoms with van der Waals surface area (Å²) in [6.07, 6.45) is 5.84. The van der Waals surface area contributed by atoms with Crippen LogP contribution in [0, 0.1) is 6.92 Å². The number of carbonyl (C=O) groups is 1. The highest BCUT2D eigenvalue weighted by atomic mass is 16.2. The molecule has 5 nitrogen and oxygen atoms in total. The molecule has 1 atom stereocenters. The first-order chi connectivity index (χ1) is 7.75. The molecule has 1 aromatic rings. The molecule has 1 aliphatic heterocycles. The molecule has 1 aliphatic rings. The molecule has 1 unspecified atom stereocenters. The first kappa shape index (κ1) is 11.1. The quantitative estimate of drug-likeness (QED) is 0.757. The van der Waals surface area contributed by atoms with E-state index in [-0.39, 0.29) is 11.9 Å². The maximum absolute atomic E-state index is 11.6. The molecule has 2 N–H and O–H groups in total. The summed E-state index contributed by atoms with van der Waals surface area (Å²) >= 11 is 0. The van der Waals surface area contributed by atoms with Gasteiger partial charge in [-0.15, -0.1) is 0 Å². The molecule has 1 fully saturated rings. The molecule has 2 rings (SSSR count). The van der Waals surface area contributed by atoms with Crippen LogP contribution in [0.3, 0.4) is 0 Å². The second-order valence-corrected chi connectivity index (χ2v) is 4.22. The van der Waals surface area contributed by atoms with Gasteiger partial charge in [-0.1, -0.05) is 0 Å². The van der Waals surface area contributed by atoms with E-state index in [4.69, 9.17) is 0 Å². The average molecular weight is 222 g/mol. The lowest BCUT2D eigenvalue weighted by molar-refractivity contribution is -0.122. The normalized spacial score (nSPS) is 19.9. The average Bonchev–Trinajstić information content (AvgIpc) is 2.89. The molecule has 0 aliphatic carbocycles. The van der Waals surface area contributed by atoms with Crippen molar-refractivity contribution in [2.45, 2.75) is 32.4 Å². The van der Waals surface area contributed by atoms with Crippen molar-refractivity contribution < 1.29 is 4.79 Å². The molecular weight excluding hydrogens is 204 g/mol. The largest absolute Gasteiger partial charge is 0.353 e.